The van der Waals surface area contributed by atoms with Crippen LogP contribution >= 0.6 is 38.9 Å². The van der Waals surface area contributed by atoms with Gasteiger partial charge in [0.15, 0.2) is 5.13 Å². The number of carbonyl (C=O) groups excluding carboxylic acids is 1. The van der Waals surface area contributed by atoms with E-state index >= 15 is 0 Å². The zero-order valence-corrected chi connectivity index (χ0v) is 15.2. The molecule has 0 aliphatic heterocycles. The van der Waals surface area contributed by atoms with E-state index in [-0.39, 0.29) is 5.91 Å². The van der Waals surface area contributed by atoms with Crippen LogP contribution in [-0.2, 0) is 11.2 Å². The number of hydrogen-bond acceptors (Lipinski definition) is 3. The monoisotopic (exact) mass is 388 g/mol. The van der Waals surface area contributed by atoms with E-state index in [1.807, 2.05) is 37.0 Å². The minimum atomic E-state index is 0.0149. The van der Waals surface area contributed by atoms with Gasteiger partial charge in [-0.2, -0.15) is 0 Å². The molecule has 0 aliphatic rings. The third-order valence-electron chi connectivity index (χ3n) is 2.60. The van der Waals surface area contributed by atoms with E-state index in [1.54, 1.807) is 6.20 Å². The van der Waals surface area contributed by atoms with Crippen LogP contribution in [0.5, 0.6) is 0 Å². The Kier molecular flexibility index (Phi) is 8.57. The van der Waals surface area contributed by atoms with Gasteiger partial charge in [-0.3, -0.25) is 4.79 Å². The molecule has 1 amide bonds. The maximum Gasteiger partial charge on any atom is 0.226 e. The average Bonchev–Trinajstić information content (AvgIpc) is 2.91. The third kappa shape index (κ3) is 6.16. The summed E-state index contributed by atoms with van der Waals surface area (Å²) in [5.74, 6) is 1.83. The molecule has 0 spiro atoms. The Hall–Kier alpha value is -0.910. The van der Waals surface area contributed by atoms with Gasteiger partial charge in [-0.05, 0) is 23.9 Å². The highest BCUT2D eigenvalue weighted by Gasteiger charge is 2.07. The molecule has 0 saturated heterocycles. The molecule has 2 rings (SSSR count). The number of benzene rings is 1. The van der Waals surface area contributed by atoms with E-state index in [0.717, 1.165) is 28.3 Å². The van der Waals surface area contributed by atoms with Crippen LogP contribution in [0.15, 0.2) is 30.5 Å². The second-order valence-corrected chi connectivity index (χ2v) is 5.72. The van der Waals surface area contributed by atoms with Gasteiger partial charge in [0.05, 0.1) is 0 Å². The minimum absolute atomic E-state index is 0.0149. The van der Waals surface area contributed by atoms with Crippen molar-refractivity contribution >= 4 is 49.9 Å². The van der Waals surface area contributed by atoms with Gasteiger partial charge in [-0.15, -0.1) is 11.3 Å². The Morgan fingerprint density at radius 3 is 2.76 bits per heavy atom. The highest BCUT2D eigenvalue weighted by Crippen LogP contribution is 2.24. The first kappa shape index (κ1) is 18.1. The number of rotatable bonds is 5. The van der Waals surface area contributed by atoms with E-state index in [2.05, 4.69) is 26.2 Å². The van der Waals surface area contributed by atoms with Gasteiger partial charge in [0.2, 0.25) is 5.91 Å². The topological polar surface area (TPSA) is 42.0 Å². The van der Waals surface area contributed by atoms with Crippen molar-refractivity contribution < 1.29 is 4.79 Å². The fourth-order valence-corrected chi connectivity index (χ4v) is 2.74. The highest BCUT2D eigenvalue weighted by molar-refractivity contribution is 9.08. The lowest BCUT2D eigenvalue weighted by molar-refractivity contribution is -0.116. The van der Waals surface area contributed by atoms with Crippen molar-refractivity contribution in [1.82, 2.24) is 4.98 Å². The molecule has 0 bridgehead atoms. The number of alkyl halides is 1. The Morgan fingerprint density at radius 1 is 1.38 bits per heavy atom. The van der Waals surface area contributed by atoms with Crippen LogP contribution in [0, 0.1) is 0 Å². The molecule has 0 saturated carbocycles. The van der Waals surface area contributed by atoms with Crippen molar-refractivity contribution in [2.75, 3.05) is 11.1 Å². The van der Waals surface area contributed by atoms with Crippen LogP contribution in [0.3, 0.4) is 0 Å². The zero-order valence-electron chi connectivity index (χ0n) is 12.0. The predicted octanol–water partition coefficient (Wildman–Crippen LogP) is 5.14. The van der Waals surface area contributed by atoms with Crippen molar-refractivity contribution in [1.29, 1.82) is 0 Å². The molecule has 6 heteroatoms. The smallest absolute Gasteiger partial charge is 0.226 e. The Balaban J connectivity index is 0.00000106. The Labute approximate surface area is 142 Å². The quantitative estimate of drug-likeness (QED) is 0.720. The average molecular weight is 390 g/mol. The molecule has 114 valence electrons. The summed E-state index contributed by atoms with van der Waals surface area (Å²) in [4.78, 5) is 16.8. The lowest BCUT2D eigenvalue weighted by atomic mass is 10.1. The lowest BCUT2D eigenvalue weighted by Crippen LogP contribution is -2.09. The molecule has 1 N–H and O–H groups in total. The number of carbonyl (C=O) groups is 1. The van der Waals surface area contributed by atoms with Gasteiger partial charge in [0, 0.05) is 28.9 Å². The van der Waals surface area contributed by atoms with Crippen molar-refractivity contribution in [2.45, 2.75) is 26.2 Å². The number of nitrogens with zero attached hydrogens (tertiary/aromatic N) is 1. The summed E-state index contributed by atoms with van der Waals surface area (Å²) in [6.07, 6.45) is 3.89. The van der Waals surface area contributed by atoms with Gasteiger partial charge in [0.25, 0.3) is 0 Å². The fourth-order valence-electron chi connectivity index (χ4n) is 1.69. The molecule has 1 aromatic heterocycles. The summed E-state index contributed by atoms with van der Waals surface area (Å²) in [6.45, 7) is 1.98. The number of aromatic nitrogens is 1. The predicted molar refractivity (Wildman–Crippen MR) is 94.8 cm³/mol. The van der Waals surface area contributed by atoms with Crippen LogP contribution < -0.4 is 5.32 Å². The van der Waals surface area contributed by atoms with Crippen LogP contribution in [0.1, 0.15) is 30.2 Å². The maximum absolute atomic E-state index is 11.5. The van der Waals surface area contributed by atoms with Crippen LogP contribution in [0.25, 0.3) is 0 Å². The van der Waals surface area contributed by atoms with Crippen molar-refractivity contribution in [3.8, 4) is 0 Å². The van der Waals surface area contributed by atoms with Gasteiger partial charge in [-0.25, -0.2) is 4.98 Å². The molecular formula is C15H18BrClN2OS. The number of anilines is 1. The molecule has 0 fully saturated rings. The number of thiazole rings is 1. The summed E-state index contributed by atoms with van der Waals surface area (Å²) < 4.78 is 0. The SMILES string of the molecule is CBr.CCCC(=O)Nc1ncc(Cc2ccccc2Cl)s1. The minimum Gasteiger partial charge on any atom is -0.302 e. The van der Waals surface area contributed by atoms with Gasteiger partial charge < -0.3 is 5.32 Å². The molecule has 0 aliphatic carbocycles. The number of amides is 1. The Morgan fingerprint density at radius 2 is 2.10 bits per heavy atom. The number of nitrogens with one attached hydrogen (secondary N) is 1. The van der Waals surface area contributed by atoms with Crippen molar-refractivity contribution in [3.05, 3.63) is 45.9 Å². The fraction of sp³-hybridized carbons (Fsp3) is 0.333. The van der Waals surface area contributed by atoms with Gasteiger partial charge >= 0.3 is 0 Å². The molecule has 21 heavy (non-hydrogen) atoms. The first-order valence-electron chi connectivity index (χ1n) is 6.54. The third-order valence-corrected chi connectivity index (χ3v) is 3.88. The van der Waals surface area contributed by atoms with E-state index in [0.29, 0.717) is 11.6 Å². The van der Waals surface area contributed by atoms with Crippen LogP contribution in [0.2, 0.25) is 5.02 Å². The summed E-state index contributed by atoms with van der Waals surface area (Å²) in [7, 11) is 0. The molecule has 1 aromatic carbocycles. The van der Waals surface area contributed by atoms with E-state index < -0.39 is 0 Å². The molecule has 0 unspecified atom stereocenters. The highest BCUT2D eigenvalue weighted by atomic mass is 79.9. The number of halogens is 2. The van der Waals surface area contributed by atoms with E-state index in [1.165, 1.54) is 11.3 Å². The summed E-state index contributed by atoms with van der Waals surface area (Å²) in [5.41, 5.74) is 1.07. The summed E-state index contributed by atoms with van der Waals surface area (Å²) in [5, 5.41) is 4.21. The molecule has 3 nitrogen and oxygen atoms in total. The second kappa shape index (κ2) is 9.92. The van der Waals surface area contributed by atoms with E-state index in [4.69, 9.17) is 11.6 Å². The number of hydrogen-bond donors (Lipinski definition) is 1. The maximum atomic E-state index is 11.5. The first-order valence-corrected chi connectivity index (χ1v) is 9.33. The largest absolute Gasteiger partial charge is 0.302 e. The molecule has 0 radical (unpaired) electrons. The summed E-state index contributed by atoms with van der Waals surface area (Å²) in [6, 6.07) is 7.75. The summed E-state index contributed by atoms with van der Waals surface area (Å²) >= 11 is 10.5. The van der Waals surface area contributed by atoms with Gasteiger partial charge in [0.1, 0.15) is 0 Å². The van der Waals surface area contributed by atoms with E-state index in [9.17, 15) is 4.79 Å². The van der Waals surface area contributed by atoms with Crippen molar-refractivity contribution in [3.63, 3.8) is 0 Å². The molecular weight excluding hydrogens is 372 g/mol. The molecule has 0 atom stereocenters. The van der Waals surface area contributed by atoms with Crippen LogP contribution in [0.4, 0.5) is 5.13 Å². The first-order chi connectivity index (χ1) is 10.2. The molecule has 2 aromatic rings. The normalized spacial score (nSPS) is 9.71. The lowest BCUT2D eigenvalue weighted by Gasteiger charge is -2.01. The standard InChI is InChI=1S/C14H15ClN2OS.CH3Br/c1-2-5-13(18)17-14-16-9-11(19-14)8-10-6-3-4-7-12(10)15;1-2/h3-4,6-7,9H,2,5,8H2,1H3,(H,16,17,18);1H3. The van der Waals surface area contributed by atoms with Crippen LogP contribution in [-0.4, -0.2) is 16.7 Å². The van der Waals surface area contributed by atoms with Crippen molar-refractivity contribution in [2.24, 2.45) is 0 Å². The van der Waals surface area contributed by atoms with Gasteiger partial charge in [-0.1, -0.05) is 52.7 Å². The molecule has 1 heterocycles. The zero-order chi connectivity index (χ0) is 15.7. The Bertz CT molecular complexity index is 574. The second-order valence-electron chi connectivity index (χ2n) is 4.20.